The number of pyridine rings is 1. The van der Waals surface area contributed by atoms with Crippen molar-refractivity contribution in [2.24, 2.45) is 0 Å². The maximum Gasteiger partial charge on any atom is 0.142 e. The molecule has 1 heterocycles. The molecule has 0 aliphatic heterocycles. The summed E-state index contributed by atoms with van der Waals surface area (Å²) in [6.45, 7) is 13.1. The number of halogens is 2. The summed E-state index contributed by atoms with van der Waals surface area (Å²) in [5, 5.41) is 34.2. The van der Waals surface area contributed by atoms with E-state index in [4.69, 9.17) is 26.2 Å². The highest BCUT2D eigenvalue weighted by atomic mass is 35.5. The first-order chi connectivity index (χ1) is 26.9. The Morgan fingerprint density at radius 1 is 0.818 bits per heavy atom. The van der Waals surface area contributed by atoms with Crippen LogP contribution in [0.2, 0.25) is 5.02 Å². The first-order valence-corrected chi connectivity index (χ1v) is 18.7. The van der Waals surface area contributed by atoms with E-state index in [0.717, 1.165) is 50.1 Å². The van der Waals surface area contributed by atoms with Gasteiger partial charge in [-0.2, -0.15) is 5.26 Å². The van der Waals surface area contributed by atoms with E-state index in [2.05, 4.69) is 28.3 Å². The number of nitriles is 1. The Labute approximate surface area is 330 Å². The van der Waals surface area contributed by atoms with Gasteiger partial charge in [0.05, 0.1) is 23.8 Å². The molecule has 0 amide bonds. The van der Waals surface area contributed by atoms with Crippen LogP contribution in [-0.2, 0) is 33.0 Å². The number of benzene rings is 4. The maximum absolute atomic E-state index is 14.8. The summed E-state index contributed by atoms with van der Waals surface area (Å²) < 4.78 is 27.3. The first-order valence-electron chi connectivity index (χ1n) is 18.4. The molecule has 8 nitrogen and oxygen atoms in total. The molecule has 0 aliphatic rings. The molecule has 0 saturated heterocycles. The summed E-state index contributed by atoms with van der Waals surface area (Å²) in [6.07, 6.45) is 4.89. The molecule has 5 rings (SSSR count). The number of nitrogens with one attached hydrogen (secondary N) is 2. The molecule has 0 saturated carbocycles. The second-order valence-electron chi connectivity index (χ2n) is 12.1. The van der Waals surface area contributed by atoms with Gasteiger partial charge in [0.1, 0.15) is 37.5 Å². The van der Waals surface area contributed by atoms with Crippen LogP contribution in [0.4, 0.5) is 4.39 Å². The lowest BCUT2D eigenvalue weighted by Crippen LogP contribution is -2.18. The van der Waals surface area contributed by atoms with Gasteiger partial charge in [0.2, 0.25) is 0 Å². The second-order valence-corrected chi connectivity index (χ2v) is 12.5. The number of hydrogen-bond acceptors (Lipinski definition) is 8. The van der Waals surface area contributed by atoms with E-state index in [1.165, 1.54) is 6.20 Å². The van der Waals surface area contributed by atoms with Gasteiger partial charge in [0, 0.05) is 55.8 Å². The van der Waals surface area contributed by atoms with Crippen LogP contribution >= 0.6 is 11.6 Å². The Morgan fingerprint density at radius 3 is 2.13 bits per heavy atom. The fraction of sp³-hybridized carbons (Fsp3) is 0.289. The number of aromatic nitrogens is 1. The van der Waals surface area contributed by atoms with Gasteiger partial charge in [0.25, 0.3) is 0 Å². The molecule has 0 bridgehead atoms. The molecule has 10 heteroatoms. The van der Waals surface area contributed by atoms with Crippen LogP contribution in [0.1, 0.15) is 59.7 Å². The van der Waals surface area contributed by atoms with Crippen LogP contribution in [0, 0.1) is 18.3 Å². The maximum atomic E-state index is 14.8. The summed E-state index contributed by atoms with van der Waals surface area (Å²) >= 11 is 6.70. The van der Waals surface area contributed by atoms with Crippen LogP contribution in [-0.4, -0.2) is 41.5 Å². The molecule has 55 heavy (non-hydrogen) atoms. The predicted octanol–water partition coefficient (Wildman–Crippen LogP) is 9.26. The molecule has 4 aromatic carbocycles. The van der Waals surface area contributed by atoms with Crippen LogP contribution in [0.25, 0.3) is 22.3 Å². The van der Waals surface area contributed by atoms with Crippen molar-refractivity contribution in [1.29, 1.82) is 5.26 Å². The SMILES string of the molecule is C=CC.CC.Cc1c(COc2cc(OCc3cncc(C#N)c3)c(CNCCO)cc2Cl)cccc1-c1cccc(-c2ccc(CNCCO)cc2)c1CF. The average molecular weight is 767 g/mol. The summed E-state index contributed by atoms with van der Waals surface area (Å²) in [4.78, 5) is 4.11. The molecule has 0 fully saturated rings. The summed E-state index contributed by atoms with van der Waals surface area (Å²) in [5.74, 6) is 0.976. The molecule has 0 unspecified atom stereocenters. The van der Waals surface area contributed by atoms with E-state index in [1.54, 1.807) is 30.5 Å². The third-order valence-electron chi connectivity index (χ3n) is 8.35. The van der Waals surface area contributed by atoms with Crippen molar-refractivity contribution < 1.29 is 24.1 Å². The molecule has 1 aromatic heterocycles. The van der Waals surface area contributed by atoms with Gasteiger partial charge in [-0.3, -0.25) is 4.98 Å². The summed E-state index contributed by atoms with van der Waals surface area (Å²) in [6, 6.07) is 27.1. The molecular weight excluding hydrogens is 715 g/mol. The molecular formula is C45H52ClFN4O4. The van der Waals surface area contributed by atoms with Gasteiger partial charge in [-0.1, -0.05) is 92.2 Å². The zero-order chi connectivity index (χ0) is 40.0. The van der Waals surface area contributed by atoms with Crippen molar-refractivity contribution in [3.63, 3.8) is 0 Å². The van der Waals surface area contributed by atoms with Crippen molar-refractivity contribution in [3.8, 4) is 39.8 Å². The number of hydrogen-bond donors (Lipinski definition) is 4. The second kappa shape index (κ2) is 24.4. The molecule has 0 atom stereocenters. The number of ether oxygens (including phenoxy) is 2. The van der Waals surface area contributed by atoms with Gasteiger partial charge >= 0.3 is 0 Å². The van der Waals surface area contributed by atoms with E-state index in [0.29, 0.717) is 53.8 Å². The van der Waals surface area contributed by atoms with E-state index >= 15 is 0 Å². The van der Waals surface area contributed by atoms with Crippen molar-refractivity contribution in [2.45, 2.75) is 60.7 Å². The monoisotopic (exact) mass is 766 g/mol. The number of nitrogens with zero attached hydrogens (tertiary/aromatic N) is 2. The van der Waals surface area contributed by atoms with Gasteiger partial charge in [0.15, 0.2) is 0 Å². The lowest BCUT2D eigenvalue weighted by atomic mass is 9.89. The van der Waals surface area contributed by atoms with Gasteiger partial charge in [-0.05, 0) is 70.5 Å². The number of aliphatic hydroxyl groups excluding tert-OH is 2. The molecule has 5 aromatic rings. The highest BCUT2D eigenvalue weighted by molar-refractivity contribution is 6.32. The predicted molar refractivity (Wildman–Crippen MR) is 221 cm³/mol. The van der Waals surface area contributed by atoms with Crippen molar-refractivity contribution in [1.82, 2.24) is 15.6 Å². The minimum atomic E-state index is -0.625. The molecule has 0 spiro atoms. The van der Waals surface area contributed by atoms with Crippen LogP contribution < -0.4 is 20.1 Å². The lowest BCUT2D eigenvalue weighted by molar-refractivity contribution is 0.282. The lowest BCUT2D eigenvalue weighted by Gasteiger charge is -2.18. The zero-order valence-electron chi connectivity index (χ0n) is 32.2. The third kappa shape index (κ3) is 13.0. The minimum absolute atomic E-state index is 0.00890. The quantitative estimate of drug-likeness (QED) is 0.0547. The number of alkyl halides is 1. The Balaban J connectivity index is 0.00000155. The Bertz CT molecular complexity index is 1980. The standard InChI is InChI=1S/C40H40ClFN4O4.C3H6.C2H6/c1-27-32(4-2-5-34(27)36-7-3-6-35(37(36)19-42)31-10-8-28(9-11-31)21-44-12-14-47)26-50-40-18-39(33(17-38(40)41)24-45-13-15-48)49-25-30-16-29(20-43)22-46-23-30;1-3-2;1-2/h2-11,16-18,22-23,44-45,47-48H,12-15,19,21,24-26H2,1H3;3H,1H2,2H3;1-2H3. The van der Waals surface area contributed by atoms with E-state index in [9.17, 15) is 14.8 Å². The smallest absolute Gasteiger partial charge is 0.142 e. The summed E-state index contributed by atoms with van der Waals surface area (Å²) in [5.41, 5.74) is 9.05. The Hall–Kier alpha value is -5.08. The average Bonchev–Trinajstić information content (AvgIpc) is 3.22. The Kier molecular flexibility index (Phi) is 19.6. The van der Waals surface area contributed by atoms with Crippen molar-refractivity contribution in [2.75, 3.05) is 26.3 Å². The minimum Gasteiger partial charge on any atom is -0.488 e. The van der Waals surface area contributed by atoms with Gasteiger partial charge < -0.3 is 30.3 Å². The fourth-order valence-electron chi connectivity index (χ4n) is 5.70. The zero-order valence-corrected chi connectivity index (χ0v) is 32.9. The van der Waals surface area contributed by atoms with Crippen molar-refractivity contribution in [3.05, 3.63) is 148 Å². The number of aliphatic hydroxyl groups is 2. The van der Waals surface area contributed by atoms with E-state index < -0.39 is 6.67 Å². The van der Waals surface area contributed by atoms with Gasteiger partial charge in [-0.25, -0.2) is 4.39 Å². The van der Waals surface area contributed by atoms with Crippen molar-refractivity contribution >= 4 is 11.6 Å². The number of allylic oxidation sites excluding steroid dienone is 1. The fourth-order valence-corrected chi connectivity index (χ4v) is 5.95. The largest absolute Gasteiger partial charge is 0.488 e. The molecule has 0 aliphatic carbocycles. The third-order valence-corrected chi connectivity index (χ3v) is 8.64. The molecule has 290 valence electrons. The highest BCUT2D eigenvalue weighted by Gasteiger charge is 2.17. The first kappa shape index (κ1) is 44.3. The van der Waals surface area contributed by atoms with Gasteiger partial charge in [-0.15, -0.1) is 6.58 Å². The van der Waals surface area contributed by atoms with Crippen LogP contribution in [0.3, 0.4) is 0 Å². The Morgan fingerprint density at radius 2 is 1.45 bits per heavy atom. The highest BCUT2D eigenvalue weighted by Crippen LogP contribution is 2.37. The normalized spacial score (nSPS) is 10.3. The van der Waals surface area contributed by atoms with E-state index in [1.807, 2.05) is 88.4 Å². The summed E-state index contributed by atoms with van der Waals surface area (Å²) in [7, 11) is 0. The number of rotatable bonds is 17. The molecule has 4 N–H and O–H groups in total. The van der Waals surface area contributed by atoms with Crippen LogP contribution in [0.5, 0.6) is 11.5 Å². The van der Waals surface area contributed by atoms with E-state index in [-0.39, 0.29) is 26.4 Å². The molecule has 0 radical (unpaired) electrons. The topological polar surface area (TPSA) is 120 Å². The van der Waals surface area contributed by atoms with Crippen LogP contribution in [0.15, 0.2) is 104 Å².